The molecule has 0 saturated carbocycles. The van der Waals surface area contributed by atoms with Gasteiger partial charge in [-0.25, -0.2) is 0 Å². The van der Waals surface area contributed by atoms with Crippen molar-refractivity contribution < 1.29 is 47.6 Å². The highest BCUT2D eigenvalue weighted by atomic mass is 16.8. The normalized spacial score (nSPS) is 33.3. The Hall–Kier alpha value is -2.20. The van der Waals surface area contributed by atoms with Gasteiger partial charge < -0.3 is 28.4 Å². The number of hydrogen-bond acceptors (Lipinski definition) is 10. The van der Waals surface area contributed by atoms with Crippen molar-refractivity contribution in [2.24, 2.45) is 0 Å². The van der Waals surface area contributed by atoms with Gasteiger partial charge in [0, 0.05) is 27.7 Å². The van der Waals surface area contributed by atoms with Crippen molar-refractivity contribution in [1.82, 2.24) is 0 Å². The smallest absolute Gasteiger partial charge is 0.303 e. The summed E-state index contributed by atoms with van der Waals surface area (Å²) in [5.74, 6) is -2.42. The van der Waals surface area contributed by atoms with Gasteiger partial charge in [0.2, 0.25) is 0 Å². The number of esters is 4. The molecule has 2 fully saturated rings. The Kier molecular flexibility index (Phi) is 5.96. The molecule has 10 nitrogen and oxygen atoms in total. The number of ether oxygens (including phenoxy) is 6. The van der Waals surface area contributed by atoms with Gasteiger partial charge in [0.15, 0.2) is 24.6 Å². The lowest BCUT2D eigenvalue weighted by atomic mass is 10.0. The first-order chi connectivity index (χ1) is 11.7. The molecule has 2 rings (SSSR count). The maximum atomic E-state index is 11.4. The molecule has 2 saturated heterocycles. The molecule has 140 valence electrons. The molecule has 0 unspecified atom stereocenters. The molecule has 0 spiro atoms. The van der Waals surface area contributed by atoms with Crippen molar-refractivity contribution in [3.63, 3.8) is 0 Å². The molecule has 0 radical (unpaired) electrons. The second-order valence-electron chi connectivity index (χ2n) is 5.67. The summed E-state index contributed by atoms with van der Waals surface area (Å²) >= 11 is 0. The molecule has 10 heteroatoms. The molecular formula is C15H20O10. The van der Waals surface area contributed by atoms with E-state index in [1.54, 1.807) is 0 Å². The molecule has 0 aliphatic carbocycles. The van der Waals surface area contributed by atoms with Gasteiger partial charge in [-0.15, -0.1) is 0 Å². The van der Waals surface area contributed by atoms with Gasteiger partial charge >= 0.3 is 23.9 Å². The molecule has 2 bridgehead atoms. The SMILES string of the molecule is CC(=O)OC[C@H]1O[C@H]2O[C@H]([C@@H](OC(C)=O)[C@@H]2OC(C)=O)[C@H]1OC(C)=O. The zero-order chi connectivity index (χ0) is 18.7. The minimum atomic E-state index is -1.05. The topological polar surface area (TPSA) is 124 Å². The number of carbonyl (C=O) groups excluding carboxylic acids is 4. The first-order valence-corrected chi connectivity index (χ1v) is 7.65. The summed E-state index contributed by atoms with van der Waals surface area (Å²) in [5, 5.41) is 0. The predicted molar refractivity (Wildman–Crippen MR) is 76.8 cm³/mol. The van der Waals surface area contributed by atoms with E-state index < -0.39 is 60.7 Å². The van der Waals surface area contributed by atoms with Crippen LogP contribution in [-0.4, -0.2) is 67.3 Å². The van der Waals surface area contributed by atoms with Gasteiger partial charge in [-0.1, -0.05) is 0 Å². The lowest BCUT2D eigenvalue weighted by molar-refractivity contribution is -0.278. The first kappa shape index (κ1) is 19.1. The molecule has 2 aliphatic heterocycles. The molecule has 25 heavy (non-hydrogen) atoms. The Morgan fingerprint density at radius 1 is 0.720 bits per heavy atom. The van der Waals surface area contributed by atoms with Crippen LogP contribution in [0.3, 0.4) is 0 Å². The van der Waals surface area contributed by atoms with E-state index in [1.165, 1.54) is 27.7 Å². The fourth-order valence-electron chi connectivity index (χ4n) is 2.79. The van der Waals surface area contributed by atoms with E-state index in [4.69, 9.17) is 28.4 Å². The second-order valence-corrected chi connectivity index (χ2v) is 5.67. The summed E-state index contributed by atoms with van der Waals surface area (Å²) in [6, 6.07) is 0. The van der Waals surface area contributed by atoms with Crippen molar-refractivity contribution in [1.29, 1.82) is 0 Å². The second kappa shape index (κ2) is 7.79. The summed E-state index contributed by atoms with van der Waals surface area (Å²) in [5.41, 5.74) is 0. The highest BCUT2D eigenvalue weighted by Gasteiger charge is 2.60. The maximum Gasteiger partial charge on any atom is 0.303 e. The Morgan fingerprint density at radius 3 is 1.76 bits per heavy atom. The molecule has 0 amide bonds. The fourth-order valence-corrected chi connectivity index (χ4v) is 2.79. The summed E-state index contributed by atoms with van der Waals surface area (Å²) < 4.78 is 31.7. The van der Waals surface area contributed by atoms with E-state index in [0.717, 1.165) is 0 Å². The van der Waals surface area contributed by atoms with Crippen LogP contribution in [0.1, 0.15) is 27.7 Å². The Bertz CT molecular complexity index is 559. The Balaban J connectivity index is 2.27. The monoisotopic (exact) mass is 360 g/mol. The summed E-state index contributed by atoms with van der Waals surface area (Å²) in [4.78, 5) is 45.2. The summed E-state index contributed by atoms with van der Waals surface area (Å²) in [6.45, 7) is 4.58. The maximum absolute atomic E-state index is 11.4. The van der Waals surface area contributed by atoms with Crippen LogP contribution >= 0.6 is 0 Å². The van der Waals surface area contributed by atoms with Crippen molar-refractivity contribution in [2.45, 2.75) is 64.5 Å². The average Bonchev–Trinajstić information content (AvgIpc) is 2.73. The molecule has 6 atom stereocenters. The molecule has 0 aromatic rings. The molecule has 0 aromatic carbocycles. The van der Waals surface area contributed by atoms with Gasteiger partial charge in [-0.05, 0) is 0 Å². The number of hydrogen-bond donors (Lipinski definition) is 0. The van der Waals surface area contributed by atoms with Crippen LogP contribution in [0.5, 0.6) is 0 Å². The van der Waals surface area contributed by atoms with Crippen molar-refractivity contribution in [2.75, 3.05) is 6.61 Å². The Labute approximate surface area is 143 Å². The zero-order valence-electron chi connectivity index (χ0n) is 14.3. The van der Waals surface area contributed by atoms with E-state index in [2.05, 4.69) is 0 Å². The molecule has 0 aromatic heterocycles. The van der Waals surface area contributed by atoms with Crippen LogP contribution in [-0.2, 0) is 47.6 Å². The molecule has 2 aliphatic rings. The standard InChI is InChI=1S/C15H20O10/c1-6(16)20-5-10-11(21-7(2)17)12-13(22-8(3)18)14(23-9(4)19)15(24-10)25-12/h10-15H,5H2,1-4H3/t10-,11+,12+,13-,14+,15+/m1/s1. The van der Waals surface area contributed by atoms with Crippen molar-refractivity contribution in [3.8, 4) is 0 Å². The van der Waals surface area contributed by atoms with Gasteiger partial charge in [0.05, 0.1) is 0 Å². The van der Waals surface area contributed by atoms with Gasteiger partial charge in [0.25, 0.3) is 0 Å². The lowest BCUT2D eigenvalue weighted by Crippen LogP contribution is -2.52. The highest BCUT2D eigenvalue weighted by molar-refractivity contribution is 5.68. The first-order valence-electron chi connectivity index (χ1n) is 7.65. The third kappa shape index (κ3) is 4.67. The van der Waals surface area contributed by atoms with Gasteiger partial charge in [-0.2, -0.15) is 0 Å². The number of rotatable bonds is 5. The molecular weight excluding hydrogens is 340 g/mol. The van der Waals surface area contributed by atoms with E-state index in [1.807, 2.05) is 0 Å². The predicted octanol–water partition coefficient (Wildman–Crippen LogP) is -0.532. The number of carbonyl (C=O) groups is 4. The zero-order valence-corrected chi connectivity index (χ0v) is 14.3. The van der Waals surface area contributed by atoms with E-state index >= 15 is 0 Å². The van der Waals surface area contributed by atoms with Crippen LogP contribution in [0.15, 0.2) is 0 Å². The highest BCUT2D eigenvalue weighted by Crippen LogP contribution is 2.37. The lowest BCUT2D eigenvalue weighted by Gasteiger charge is -2.35. The molecule has 2 heterocycles. The molecule has 0 N–H and O–H groups in total. The van der Waals surface area contributed by atoms with E-state index in [9.17, 15) is 19.2 Å². The van der Waals surface area contributed by atoms with Gasteiger partial charge in [-0.3, -0.25) is 19.2 Å². The fraction of sp³-hybridized carbons (Fsp3) is 0.733. The third-order valence-electron chi connectivity index (χ3n) is 3.56. The van der Waals surface area contributed by atoms with E-state index in [0.29, 0.717) is 0 Å². The van der Waals surface area contributed by atoms with Crippen molar-refractivity contribution >= 4 is 23.9 Å². The average molecular weight is 360 g/mol. The van der Waals surface area contributed by atoms with Crippen molar-refractivity contribution in [3.05, 3.63) is 0 Å². The largest absolute Gasteiger partial charge is 0.463 e. The quantitative estimate of drug-likeness (QED) is 0.467. The Morgan fingerprint density at radius 2 is 1.24 bits per heavy atom. The number of fused-ring (bicyclic) bond motifs is 2. The minimum Gasteiger partial charge on any atom is -0.463 e. The van der Waals surface area contributed by atoms with Gasteiger partial charge in [0.1, 0.15) is 18.8 Å². The third-order valence-corrected chi connectivity index (χ3v) is 3.56. The summed E-state index contributed by atoms with van der Waals surface area (Å²) in [7, 11) is 0. The van der Waals surface area contributed by atoms with Crippen LogP contribution in [0.4, 0.5) is 0 Å². The van der Waals surface area contributed by atoms with Crippen LogP contribution in [0.25, 0.3) is 0 Å². The van der Waals surface area contributed by atoms with Crippen LogP contribution in [0, 0.1) is 0 Å². The summed E-state index contributed by atoms with van der Waals surface area (Å²) in [6.07, 6.45) is -5.93. The van der Waals surface area contributed by atoms with E-state index in [-0.39, 0.29) is 6.61 Å². The minimum absolute atomic E-state index is 0.205. The van der Waals surface area contributed by atoms with Crippen LogP contribution < -0.4 is 0 Å². The van der Waals surface area contributed by atoms with Crippen LogP contribution in [0.2, 0.25) is 0 Å².